The number of nitrogens with one attached hydrogen (secondary N) is 2. The zero-order valence-electron chi connectivity index (χ0n) is 13.7. The number of nitrogens with zero attached hydrogens (tertiary/aromatic N) is 2. The third-order valence-corrected chi connectivity index (χ3v) is 4.56. The van der Waals surface area contributed by atoms with Crippen molar-refractivity contribution in [2.45, 2.75) is 65.8 Å². The Kier molecular flexibility index (Phi) is 5.39. The van der Waals surface area contributed by atoms with Gasteiger partial charge in [0.05, 0.1) is 0 Å². The van der Waals surface area contributed by atoms with Gasteiger partial charge in [0, 0.05) is 18.0 Å². The van der Waals surface area contributed by atoms with Crippen molar-refractivity contribution in [3.05, 3.63) is 11.4 Å². The maximum absolute atomic E-state index is 5.60. The molecule has 0 amide bonds. The lowest BCUT2D eigenvalue weighted by Crippen LogP contribution is -2.34. The molecule has 0 radical (unpaired) electrons. The van der Waals surface area contributed by atoms with Gasteiger partial charge < -0.3 is 10.7 Å². The Morgan fingerprint density at radius 2 is 1.90 bits per heavy atom. The molecule has 4 N–H and O–H groups in total. The number of hydrogen-bond acceptors (Lipinski definition) is 5. The molecule has 0 aliphatic heterocycles. The molecule has 21 heavy (non-hydrogen) atoms. The molecule has 0 saturated heterocycles. The van der Waals surface area contributed by atoms with Crippen LogP contribution in [0, 0.1) is 18.8 Å². The molecule has 1 fully saturated rings. The average Bonchev–Trinajstić information content (AvgIpc) is 2.45. The van der Waals surface area contributed by atoms with E-state index in [0.29, 0.717) is 12.0 Å². The van der Waals surface area contributed by atoms with E-state index in [4.69, 9.17) is 10.8 Å². The van der Waals surface area contributed by atoms with E-state index in [1.165, 1.54) is 19.3 Å². The van der Waals surface area contributed by atoms with Crippen LogP contribution in [0.4, 0.5) is 11.6 Å². The fourth-order valence-electron chi connectivity index (χ4n) is 3.23. The number of hydrazine groups is 1. The van der Waals surface area contributed by atoms with Crippen LogP contribution in [0.25, 0.3) is 0 Å². The van der Waals surface area contributed by atoms with Gasteiger partial charge in [0.1, 0.15) is 17.5 Å². The maximum atomic E-state index is 5.60. The van der Waals surface area contributed by atoms with Crippen LogP contribution < -0.4 is 16.6 Å². The molecule has 1 aliphatic rings. The monoisotopic (exact) mass is 291 g/mol. The van der Waals surface area contributed by atoms with Gasteiger partial charge in [0.25, 0.3) is 0 Å². The van der Waals surface area contributed by atoms with Gasteiger partial charge in [0.2, 0.25) is 0 Å². The summed E-state index contributed by atoms with van der Waals surface area (Å²) in [7, 11) is 0. The molecule has 0 aromatic carbocycles. The Bertz CT molecular complexity index is 474. The zero-order chi connectivity index (χ0) is 15.4. The van der Waals surface area contributed by atoms with Gasteiger partial charge in [-0.25, -0.2) is 15.8 Å². The summed E-state index contributed by atoms with van der Waals surface area (Å²) in [5, 5.41) is 3.65. The molecular formula is C16H29N5. The maximum Gasteiger partial charge on any atom is 0.148 e. The summed E-state index contributed by atoms with van der Waals surface area (Å²) in [5.74, 6) is 9.63. The van der Waals surface area contributed by atoms with Crippen molar-refractivity contribution in [2.75, 3.05) is 10.7 Å². The number of nitrogen functional groups attached to an aromatic ring is 1. The van der Waals surface area contributed by atoms with E-state index < -0.39 is 0 Å². The van der Waals surface area contributed by atoms with Gasteiger partial charge in [-0.2, -0.15) is 0 Å². The predicted molar refractivity (Wildman–Crippen MR) is 88.2 cm³/mol. The lowest BCUT2D eigenvalue weighted by molar-refractivity contribution is 0.276. The summed E-state index contributed by atoms with van der Waals surface area (Å²) in [5.41, 5.74) is 3.70. The van der Waals surface area contributed by atoms with Crippen LogP contribution in [-0.2, 0) is 6.42 Å². The zero-order valence-corrected chi connectivity index (χ0v) is 13.7. The minimum absolute atomic E-state index is 0.495. The van der Waals surface area contributed by atoms with Gasteiger partial charge in [0.15, 0.2) is 0 Å². The highest BCUT2D eigenvalue weighted by Gasteiger charge is 2.26. The van der Waals surface area contributed by atoms with Gasteiger partial charge in [-0.15, -0.1) is 0 Å². The van der Waals surface area contributed by atoms with Crippen LogP contribution in [0.1, 0.15) is 57.8 Å². The molecule has 5 nitrogen and oxygen atoms in total. The number of anilines is 2. The highest BCUT2D eigenvalue weighted by Crippen LogP contribution is 2.31. The molecule has 3 atom stereocenters. The summed E-state index contributed by atoms with van der Waals surface area (Å²) < 4.78 is 0. The number of rotatable bonds is 5. The van der Waals surface area contributed by atoms with Gasteiger partial charge in [-0.1, -0.05) is 20.8 Å². The molecule has 0 bridgehead atoms. The van der Waals surface area contributed by atoms with Crippen molar-refractivity contribution in [3.8, 4) is 0 Å². The smallest absolute Gasteiger partial charge is 0.148 e. The molecular weight excluding hydrogens is 262 g/mol. The predicted octanol–water partition coefficient (Wildman–Crippen LogP) is 3.26. The molecule has 2 rings (SSSR count). The lowest BCUT2D eigenvalue weighted by atomic mass is 9.80. The SMILES string of the molecule is CCCc1nc(NN)c(C)c(NC2CCC(C)CC2C)n1. The third-order valence-electron chi connectivity index (χ3n) is 4.56. The van der Waals surface area contributed by atoms with E-state index in [0.717, 1.165) is 41.8 Å². The standard InChI is InChI=1S/C16H29N5/c1-5-6-14-19-15(12(4)16(20-14)21-17)18-13-8-7-10(2)9-11(13)3/h10-11,13H,5-9,17H2,1-4H3,(H2,18,19,20,21). The summed E-state index contributed by atoms with van der Waals surface area (Å²) in [6.45, 7) is 8.83. The van der Waals surface area contributed by atoms with Crippen LogP contribution in [0.15, 0.2) is 0 Å². The highest BCUT2D eigenvalue weighted by molar-refractivity contribution is 5.57. The van der Waals surface area contributed by atoms with E-state index in [1.807, 2.05) is 6.92 Å². The van der Waals surface area contributed by atoms with Crippen molar-refractivity contribution in [1.29, 1.82) is 0 Å². The number of nitrogens with two attached hydrogens (primary N) is 1. The largest absolute Gasteiger partial charge is 0.367 e. The topological polar surface area (TPSA) is 75.9 Å². The average molecular weight is 291 g/mol. The molecule has 1 aromatic heterocycles. The van der Waals surface area contributed by atoms with Crippen LogP contribution in [-0.4, -0.2) is 16.0 Å². The Balaban J connectivity index is 2.20. The van der Waals surface area contributed by atoms with Gasteiger partial charge >= 0.3 is 0 Å². The summed E-state index contributed by atoms with van der Waals surface area (Å²) in [6, 6.07) is 0.495. The molecule has 5 heteroatoms. The lowest BCUT2D eigenvalue weighted by Gasteiger charge is -2.34. The summed E-state index contributed by atoms with van der Waals surface area (Å²) in [4.78, 5) is 9.18. The van der Waals surface area contributed by atoms with Crippen molar-refractivity contribution < 1.29 is 0 Å². The minimum atomic E-state index is 0.495. The van der Waals surface area contributed by atoms with E-state index in [9.17, 15) is 0 Å². The first-order valence-electron chi connectivity index (χ1n) is 8.15. The van der Waals surface area contributed by atoms with Crippen LogP contribution in [0.2, 0.25) is 0 Å². The van der Waals surface area contributed by atoms with E-state index in [2.05, 4.69) is 36.5 Å². The van der Waals surface area contributed by atoms with Crippen molar-refractivity contribution in [3.63, 3.8) is 0 Å². The first kappa shape index (κ1) is 16.0. The molecule has 1 aliphatic carbocycles. The second kappa shape index (κ2) is 7.07. The number of hydrogen-bond donors (Lipinski definition) is 3. The Morgan fingerprint density at radius 1 is 1.19 bits per heavy atom. The Morgan fingerprint density at radius 3 is 2.52 bits per heavy atom. The summed E-state index contributed by atoms with van der Waals surface area (Å²) in [6.07, 6.45) is 5.69. The van der Waals surface area contributed by atoms with Crippen LogP contribution in [0.5, 0.6) is 0 Å². The van der Waals surface area contributed by atoms with E-state index in [-0.39, 0.29) is 0 Å². The van der Waals surface area contributed by atoms with Crippen LogP contribution >= 0.6 is 0 Å². The molecule has 3 unspecified atom stereocenters. The fourth-order valence-corrected chi connectivity index (χ4v) is 3.23. The number of aryl methyl sites for hydroxylation is 1. The quantitative estimate of drug-likeness (QED) is 0.573. The summed E-state index contributed by atoms with van der Waals surface area (Å²) >= 11 is 0. The number of aromatic nitrogens is 2. The van der Waals surface area contributed by atoms with Gasteiger partial charge in [-0.05, 0) is 44.4 Å². The second-order valence-electron chi connectivity index (χ2n) is 6.50. The Hall–Kier alpha value is -1.36. The van der Waals surface area contributed by atoms with Gasteiger partial charge in [-0.3, -0.25) is 0 Å². The van der Waals surface area contributed by atoms with E-state index in [1.54, 1.807) is 0 Å². The van der Waals surface area contributed by atoms with Crippen molar-refractivity contribution in [1.82, 2.24) is 9.97 Å². The first-order valence-corrected chi connectivity index (χ1v) is 8.15. The fraction of sp³-hybridized carbons (Fsp3) is 0.750. The minimum Gasteiger partial charge on any atom is -0.367 e. The molecule has 1 heterocycles. The highest BCUT2D eigenvalue weighted by atomic mass is 15.3. The second-order valence-corrected chi connectivity index (χ2v) is 6.50. The normalized spacial score (nSPS) is 25.7. The third kappa shape index (κ3) is 3.84. The molecule has 1 aromatic rings. The first-order chi connectivity index (χ1) is 10.0. The van der Waals surface area contributed by atoms with E-state index >= 15 is 0 Å². The molecule has 1 saturated carbocycles. The van der Waals surface area contributed by atoms with Crippen molar-refractivity contribution >= 4 is 11.6 Å². The van der Waals surface area contributed by atoms with Crippen LogP contribution in [0.3, 0.4) is 0 Å². The molecule has 118 valence electrons. The Labute approximate surface area is 128 Å². The molecule has 0 spiro atoms. The van der Waals surface area contributed by atoms with Crippen molar-refractivity contribution in [2.24, 2.45) is 17.7 Å².